The van der Waals surface area contributed by atoms with Gasteiger partial charge in [0.15, 0.2) is 16.6 Å². The number of aromatic nitrogens is 1. The number of thiazole rings is 1. The number of nitrogens with zero attached hydrogens (tertiary/aromatic N) is 3. The van der Waals surface area contributed by atoms with Crippen molar-refractivity contribution in [2.24, 2.45) is 0 Å². The summed E-state index contributed by atoms with van der Waals surface area (Å²) < 4.78 is 18.5. The molecule has 35 heavy (non-hydrogen) atoms. The summed E-state index contributed by atoms with van der Waals surface area (Å²) in [6.45, 7) is 12.4. The van der Waals surface area contributed by atoms with Crippen LogP contribution >= 0.6 is 23.7 Å². The zero-order valence-electron chi connectivity index (χ0n) is 21.6. The lowest BCUT2D eigenvalue weighted by atomic mass is 10.1. The monoisotopic (exact) mass is 521 g/mol. The molecule has 3 rings (SSSR count). The number of benzene rings is 2. The highest BCUT2D eigenvalue weighted by Crippen LogP contribution is 2.40. The number of aryl methyl sites for hydroxylation is 2. The van der Waals surface area contributed by atoms with Crippen molar-refractivity contribution in [1.82, 2.24) is 9.88 Å². The van der Waals surface area contributed by atoms with Gasteiger partial charge in [-0.25, -0.2) is 4.98 Å². The summed E-state index contributed by atoms with van der Waals surface area (Å²) in [5.74, 6) is 1.37. The third-order valence-corrected chi connectivity index (χ3v) is 6.44. The number of anilines is 1. The molecule has 0 bridgehead atoms. The number of amides is 1. The largest absolute Gasteiger partial charge is 0.490 e. The van der Waals surface area contributed by atoms with E-state index < -0.39 is 0 Å². The van der Waals surface area contributed by atoms with Gasteiger partial charge in [-0.1, -0.05) is 11.3 Å². The van der Waals surface area contributed by atoms with Crippen LogP contribution in [0.15, 0.2) is 24.3 Å². The van der Waals surface area contributed by atoms with Crippen LogP contribution in [0.4, 0.5) is 5.13 Å². The highest BCUT2D eigenvalue weighted by atomic mass is 35.5. The van der Waals surface area contributed by atoms with E-state index in [0.717, 1.165) is 10.2 Å². The molecule has 0 spiro atoms. The second-order valence-electron chi connectivity index (χ2n) is 8.26. The Kier molecular flexibility index (Phi) is 10.6. The van der Waals surface area contributed by atoms with Crippen LogP contribution in [0.3, 0.4) is 0 Å². The van der Waals surface area contributed by atoms with Crippen molar-refractivity contribution in [2.45, 2.75) is 34.6 Å². The van der Waals surface area contributed by atoms with Crippen molar-refractivity contribution >= 4 is 45.0 Å². The summed E-state index contributed by atoms with van der Waals surface area (Å²) in [5.41, 5.74) is 3.77. The Hall–Kier alpha value is -2.55. The van der Waals surface area contributed by atoms with Gasteiger partial charge in [0.05, 0.1) is 30.0 Å². The molecule has 0 N–H and O–H groups in total. The predicted molar refractivity (Wildman–Crippen MR) is 147 cm³/mol. The van der Waals surface area contributed by atoms with Crippen molar-refractivity contribution < 1.29 is 19.0 Å². The van der Waals surface area contributed by atoms with Gasteiger partial charge >= 0.3 is 0 Å². The number of carbonyl (C=O) groups is 1. The van der Waals surface area contributed by atoms with Crippen LogP contribution in [0.25, 0.3) is 10.2 Å². The average molecular weight is 522 g/mol. The van der Waals surface area contributed by atoms with Crippen LogP contribution in [-0.4, -0.2) is 62.8 Å². The first-order valence-electron chi connectivity index (χ1n) is 11.7. The summed E-state index contributed by atoms with van der Waals surface area (Å²) in [4.78, 5) is 22.5. The molecular weight excluding hydrogens is 486 g/mol. The third kappa shape index (κ3) is 6.78. The maximum Gasteiger partial charge on any atom is 0.260 e. The second kappa shape index (κ2) is 13.0. The van der Waals surface area contributed by atoms with Gasteiger partial charge in [0.2, 0.25) is 5.75 Å². The van der Waals surface area contributed by atoms with Crippen molar-refractivity contribution in [3.8, 4) is 17.2 Å². The molecule has 0 aliphatic carbocycles. The number of ether oxygens (including phenoxy) is 3. The van der Waals surface area contributed by atoms with Gasteiger partial charge in [-0.05, 0) is 84.1 Å². The maximum absolute atomic E-state index is 13.9. The number of halogens is 1. The number of likely N-dealkylation sites (N-methyl/N-ethyl adjacent to an activating group) is 1. The van der Waals surface area contributed by atoms with Gasteiger partial charge < -0.3 is 19.1 Å². The fraction of sp³-hybridized carbons (Fsp3) is 0.462. The SMILES string of the molecule is CCOc1cc(C(=O)N(CCN(C)C)c2nc3cc(C)c(C)cc3s2)cc(OCC)c1OCC.Cl. The predicted octanol–water partition coefficient (Wildman–Crippen LogP) is 5.74. The van der Waals surface area contributed by atoms with Crippen molar-refractivity contribution in [2.75, 3.05) is 51.9 Å². The first-order chi connectivity index (χ1) is 16.3. The summed E-state index contributed by atoms with van der Waals surface area (Å²) in [7, 11) is 3.98. The number of rotatable bonds is 11. The van der Waals surface area contributed by atoms with E-state index in [4.69, 9.17) is 19.2 Å². The lowest BCUT2D eigenvalue weighted by Gasteiger charge is -2.23. The molecule has 0 saturated carbocycles. The van der Waals surface area contributed by atoms with Gasteiger partial charge in [-0.2, -0.15) is 0 Å². The fourth-order valence-electron chi connectivity index (χ4n) is 3.54. The number of carbonyl (C=O) groups excluding carboxylic acids is 1. The number of hydrogen-bond acceptors (Lipinski definition) is 7. The highest BCUT2D eigenvalue weighted by Gasteiger charge is 2.25. The van der Waals surface area contributed by atoms with E-state index >= 15 is 0 Å². The van der Waals surface area contributed by atoms with Gasteiger partial charge in [-0.15, -0.1) is 12.4 Å². The third-order valence-electron chi connectivity index (χ3n) is 5.40. The second-order valence-corrected chi connectivity index (χ2v) is 9.27. The van der Waals surface area contributed by atoms with Crippen molar-refractivity contribution in [3.63, 3.8) is 0 Å². The number of hydrogen-bond donors (Lipinski definition) is 0. The summed E-state index contributed by atoms with van der Waals surface area (Å²) in [5, 5.41) is 0.677. The number of fused-ring (bicyclic) bond motifs is 1. The van der Waals surface area contributed by atoms with E-state index in [1.807, 2.05) is 34.9 Å². The van der Waals surface area contributed by atoms with E-state index in [9.17, 15) is 4.79 Å². The zero-order chi connectivity index (χ0) is 24.8. The minimum Gasteiger partial charge on any atom is -0.490 e. The van der Waals surface area contributed by atoms with E-state index in [1.54, 1.807) is 17.0 Å². The zero-order valence-corrected chi connectivity index (χ0v) is 23.3. The van der Waals surface area contributed by atoms with Crippen LogP contribution in [-0.2, 0) is 0 Å². The highest BCUT2D eigenvalue weighted by molar-refractivity contribution is 7.22. The summed E-state index contributed by atoms with van der Waals surface area (Å²) in [6, 6.07) is 7.70. The Morgan fingerprint density at radius 2 is 1.46 bits per heavy atom. The quantitative estimate of drug-likeness (QED) is 0.320. The van der Waals surface area contributed by atoms with Crippen LogP contribution in [0.2, 0.25) is 0 Å². The van der Waals surface area contributed by atoms with Gasteiger partial charge in [-0.3, -0.25) is 9.69 Å². The molecule has 0 atom stereocenters. The topological polar surface area (TPSA) is 64.1 Å². The van der Waals surface area contributed by atoms with E-state index in [2.05, 4.69) is 30.9 Å². The molecule has 0 radical (unpaired) electrons. The van der Waals surface area contributed by atoms with E-state index in [1.165, 1.54) is 22.5 Å². The molecule has 1 heterocycles. The van der Waals surface area contributed by atoms with Crippen LogP contribution in [0.5, 0.6) is 17.2 Å². The Balaban J connectivity index is 0.00000432. The van der Waals surface area contributed by atoms with E-state index in [0.29, 0.717) is 60.9 Å². The normalized spacial score (nSPS) is 10.9. The van der Waals surface area contributed by atoms with Crippen molar-refractivity contribution in [1.29, 1.82) is 0 Å². The van der Waals surface area contributed by atoms with Gasteiger partial charge in [0.1, 0.15) is 0 Å². The minimum absolute atomic E-state index is 0. The minimum atomic E-state index is -0.153. The molecule has 192 valence electrons. The van der Waals surface area contributed by atoms with Gasteiger partial charge in [0, 0.05) is 18.7 Å². The lowest BCUT2D eigenvalue weighted by Crippen LogP contribution is -2.36. The summed E-state index contributed by atoms with van der Waals surface area (Å²) in [6.07, 6.45) is 0. The molecular formula is C26H36ClN3O4S. The molecule has 1 aromatic heterocycles. The Morgan fingerprint density at radius 1 is 0.886 bits per heavy atom. The first kappa shape index (κ1) is 28.7. The Bertz CT molecular complexity index is 1080. The molecule has 2 aromatic carbocycles. The smallest absolute Gasteiger partial charge is 0.260 e. The first-order valence-corrected chi connectivity index (χ1v) is 12.5. The Morgan fingerprint density at radius 3 is 2.00 bits per heavy atom. The fourth-order valence-corrected chi connectivity index (χ4v) is 4.61. The van der Waals surface area contributed by atoms with E-state index in [-0.39, 0.29) is 18.3 Å². The maximum atomic E-state index is 13.9. The molecule has 9 heteroatoms. The molecule has 0 aliphatic heterocycles. The molecule has 0 fully saturated rings. The molecule has 7 nitrogen and oxygen atoms in total. The van der Waals surface area contributed by atoms with Gasteiger partial charge in [0.25, 0.3) is 5.91 Å². The average Bonchev–Trinajstić information content (AvgIpc) is 3.18. The Labute approximate surface area is 218 Å². The molecule has 0 saturated heterocycles. The molecule has 0 unspecified atom stereocenters. The van der Waals surface area contributed by atoms with Crippen LogP contribution < -0.4 is 19.1 Å². The molecule has 0 aliphatic rings. The van der Waals surface area contributed by atoms with Crippen molar-refractivity contribution in [3.05, 3.63) is 41.0 Å². The molecule has 3 aromatic rings. The molecule has 1 amide bonds. The lowest BCUT2D eigenvalue weighted by molar-refractivity contribution is 0.0984. The van der Waals surface area contributed by atoms with Crippen LogP contribution in [0, 0.1) is 13.8 Å². The standard InChI is InChI=1S/C26H35N3O4S.ClH/c1-8-31-21-15-19(16-22(32-9-2)24(21)33-10-3)25(30)29(12-11-28(6)7)26-27-20-13-17(4)18(5)14-23(20)34-26;/h13-16H,8-12H2,1-7H3;1H. The summed E-state index contributed by atoms with van der Waals surface area (Å²) >= 11 is 1.53. The van der Waals surface area contributed by atoms with Crippen LogP contribution in [0.1, 0.15) is 42.3 Å².